The Morgan fingerprint density at radius 1 is 1.08 bits per heavy atom. The highest BCUT2D eigenvalue weighted by Crippen LogP contribution is 2.14. The van der Waals surface area contributed by atoms with Crippen LogP contribution in [0.5, 0.6) is 5.75 Å². The molecular formula is C22H27NO2. The summed E-state index contributed by atoms with van der Waals surface area (Å²) in [5, 5.41) is 0. The van der Waals surface area contributed by atoms with Crippen LogP contribution < -0.4 is 4.74 Å². The highest BCUT2D eigenvalue weighted by atomic mass is 16.5. The van der Waals surface area contributed by atoms with Crippen LogP contribution in [0.3, 0.4) is 0 Å². The minimum Gasteiger partial charge on any atom is -0.494 e. The van der Waals surface area contributed by atoms with E-state index in [4.69, 9.17) is 4.74 Å². The molecule has 2 rings (SSSR count). The van der Waals surface area contributed by atoms with E-state index in [1.54, 1.807) is 6.08 Å². The van der Waals surface area contributed by atoms with Crippen molar-refractivity contribution in [3.05, 3.63) is 71.8 Å². The summed E-state index contributed by atoms with van der Waals surface area (Å²) in [6.07, 6.45) is 4.49. The fourth-order valence-electron chi connectivity index (χ4n) is 2.45. The second kappa shape index (κ2) is 9.67. The van der Waals surface area contributed by atoms with Gasteiger partial charge in [-0.15, -0.1) is 0 Å². The van der Waals surface area contributed by atoms with Crippen molar-refractivity contribution in [2.45, 2.75) is 39.8 Å². The normalized spacial score (nSPS) is 11.0. The summed E-state index contributed by atoms with van der Waals surface area (Å²) in [4.78, 5) is 14.5. The van der Waals surface area contributed by atoms with E-state index in [0.29, 0.717) is 6.54 Å². The third-order valence-electron chi connectivity index (χ3n) is 3.87. The predicted molar refractivity (Wildman–Crippen MR) is 103 cm³/mol. The molecule has 0 saturated carbocycles. The van der Waals surface area contributed by atoms with Crippen molar-refractivity contribution in [2.24, 2.45) is 0 Å². The number of carbonyl (C=O) groups excluding carboxylic acids is 1. The molecular weight excluding hydrogens is 310 g/mol. The summed E-state index contributed by atoms with van der Waals surface area (Å²) in [6.45, 7) is 7.49. The smallest absolute Gasteiger partial charge is 0.247 e. The molecule has 0 heterocycles. The van der Waals surface area contributed by atoms with Gasteiger partial charge < -0.3 is 9.64 Å². The van der Waals surface area contributed by atoms with E-state index >= 15 is 0 Å². The molecule has 0 radical (unpaired) electrons. The third kappa shape index (κ3) is 6.11. The standard InChI is InChI=1S/C22H27NO2/c1-4-16-25-21-13-10-19(11-14-21)12-15-22(24)23(18(2)3)17-20-8-6-5-7-9-20/h5-15,18H,4,16-17H2,1-3H3/b15-12+. The lowest BCUT2D eigenvalue weighted by Gasteiger charge is -2.25. The van der Waals surface area contributed by atoms with E-state index in [-0.39, 0.29) is 11.9 Å². The van der Waals surface area contributed by atoms with E-state index in [1.807, 2.05) is 79.4 Å². The largest absolute Gasteiger partial charge is 0.494 e. The Balaban J connectivity index is 2.01. The van der Waals surface area contributed by atoms with Crippen molar-refractivity contribution < 1.29 is 9.53 Å². The molecule has 0 bridgehead atoms. The first-order valence-electron chi connectivity index (χ1n) is 8.85. The van der Waals surface area contributed by atoms with E-state index < -0.39 is 0 Å². The Labute approximate surface area is 150 Å². The van der Waals surface area contributed by atoms with Crippen LogP contribution in [-0.2, 0) is 11.3 Å². The van der Waals surface area contributed by atoms with Crippen LogP contribution in [0.2, 0.25) is 0 Å². The molecule has 132 valence electrons. The molecule has 0 unspecified atom stereocenters. The first kappa shape index (κ1) is 18.8. The van der Waals surface area contributed by atoms with Crippen molar-refractivity contribution >= 4 is 12.0 Å². The lowest BCUT2D eigenvalue weighted by Crippen LogP contribution is -2.35. The van der Waals surface area contributed by atoms with E-state index in [1.165, 1.54) is 0 Å². The Hall–Kier alpha value is -2.55. The highest BCUT2D eigenvalue weighted by Gasteiger charge is 2.14. The van der Waals surface area contributed by atoms with E-state index in [9.17, 15) is 4.79 Å². The number of hydrogen-bond donors (Lipinski definition) is 0. The van der Waals surface area contributed by atoms with E-state index in [0.717, 1.165) is 29.9 Å². The second-order valence-electron chi connectivity index (χ2n) is 6.30. The minimum absolute atomic E-state index is 0.0187. The molecule has 0 aliphatic heterocycles. The van der Waals surface area contributed by atoms with Gasteiger partial charge in [-0.05, 0) is 49.6 Å². The zero-order chi connectivity index (χ0) is 18.1. The molecule has 0 atom stereocenters. The third-order valence-corrected chi connectivity index (χ3v) is 3.87. The van der Waals surface area contributed by atoms with Gasteiger partial charge in [-0.25, -0.2) is 0 Å². The number of hydrogen-bond acceptors (Lipinski definition) is 2. The molecule has 25 heavy (non-hydrogen) atoms. The Kier molecular flexibility index (Phi) is 7.27. The summed E-state index contributed by atoms with van der Waals surface area (Å²) in [6, 6.07) is 18.0. The monoisotopic (exact) mass is 337 g/mol. The molecule has 0 aromatic heterocycles. The van der Waals surface area contributed by atoms with Crippen LogP contribution in [0.4, 0.5) is 0 Å². The number of nitrogens with zero attached hydrogens (tertiary/aromatic N) is 1. The maximum atomic E-state index is 12.6. The number of carbonyl (C=O) groups is 1. The van der Waals surface area contributed by atoms with Crippen molar-refractivity contribution in [3.63, 3.8) is 0 Å². The topological polar surface area (TPSA) is 29.5 Å². The zero-order valence-electron chi connectivity index (χ0n) is 15.3. The van der Waals surface area contributed by atoms with Crippen LogP contribution in [0.1, 0.15) is 38.3 Å². The quantitative estimate of drug-likeness (QED) is 0.640. The van der Waals surface area contributed by atoms with Gasteiger partial charge in [0.1, 0.15) is 5.75 Å². The Morgan fingerprint density at radius 3 is 2.36 bits per heavy atom. The summed E-state index contributed by atoms with van der Waals surface area (Å²) < 4.78 is 5.57. The molecule has 0 spiro atoms. The number of amides is 1. The lowest BCUT2D eigenvalue weighted by molar-refractivity contribution is -0.128. The van der Waals surface area contributed by atoms with Crippen molar-refractivity contribution in [1.82, 2.24) is 4.90 Å². The Morgan fingerprint density at radius 2 is 1.76 bits per heavy atom. The molecule has 2 aromatic carbocycles. The molecule has 0 fully saturated rings. The Bertz CT molecular complexity index is 675. The average molecular weight is 337 g/mol. The predicted octanol–water partition coefficient (Wildman–Crippen LogP) is 4.93. The molecule has 2 aromatic rings. The number of rotatable bonds is 8. The first-order chi connectivity index (χ1) is 12.1. The van der Waals surface area contributed by atoms with Crippen LogP contribution in [0.25, 0.3) is 6.08 Å². The van der Waals surface area contributed by atoms with Gasteiger partial charge in [-0.1, -0.05) is 49.4 Å². The first-order valence-corrected chi connectivity index (χ1v) is 8.85. The molecule has 0 saturated heterocycles. The van der Waals surface area contributed by atoms with Crippen molar-refractivity contribution in [2.75, 3.05) is 6.61 Å². The van der Waals surface area contributed by atoms with Gasteiger partial charge in [0.15, 0.2) is 0 Å². The van der Waals surface area contributed by atoms with Crippen LogP contribution in [0.15, 0.2) is 60.7 Å². The van der Waals surface area contributed by atoms with Gasteiger partial charge >= 0.3 is 0 Å². The van der Waals surface area contributed by atoms with Crippen molar-refractivity contribution in [1.29, 1.82) is 0 Å². The lowest BCUT2D eigenvalue weighted by atomic mass is 10.1. The zero-order valence-corrected chi connectivity index (χ0v) is 15.3. The molecule has 0 aliphatic rings. The summed E-state index contributed by atoms with van der Waals surface area (Å²) in [5.41, 5.74) is 2.12. The van der Waals surface area contributed by atoms with Gasteiger partial charge in [0, 0.05) is 18.7 Å². The van der Waals surface area contributed by atoms with Gasteiger partial charge in [0.25, 0.3) is 0 Å². The van der Waals surface area contributed by atoms with Crippen LogP contribution in [-0.4, -0.2) is 23.5 Å². The maximum absolute atomic E-state index is 12.6. The summed E-state index contributed by atoms with van der Waals surface area (Å²) >= 11 is 0. The fraction of sp³-hybridized carbons (Fsp3) is 0.318. The second-order valence-corrected chi connectivity index (χ2v) is 6.30. The van der Waals surface area contributed by atoms with Gasteiger partial charge in [0.05, 0.1) is 6.61 Å². The van der Waals surface area contributed by atoms with Gasteiger partial charge in [-0.2, -0.15) is 0 Å². The molecule has 0 aliphatic carbocycles. The highest BCUT2D eigenvalue weighted by molar-refractivity contribution is 5.92. The average Bonchev–Trinajstić information content (AvgIpc) is 2.64. The maximum Gasteiger partial charge on any atom is 0.247 e. The molecule has 1 amide bonds. The minimum atomic E-state index is 0.0187. The molecule has 3 nitrogen and oxygen atoms in total. The number of benzene rings is 2. The van der Waals surface area contributed by atoms with E-state index in [2.05, 4.69) is 6.92 Å². The fourth-order valence-corrected chi connectivity index (χ4v) is 2.45. The summed E-state index contributed by atoms with van der Waals surface area (Å²) in [7, 11) is 0. The van der Waals surface area contributed by atoms with Gasteiger partial charge in [0.2, 0.25) is 5.91 Å². The van der Waals surface area contributed by atoms with Crippen LogP contribution >= 0.6 is 0 Å². The summed E-state index contributed by atoms with van der Waals surface area (Å²) in [5.74, 6) is 0.878. The SMILES string of the molecule is CCCOc1ccc(/C=C/C(=O)N(Cc2ccccc2)C(C)C)cc1. The molecule has 3 heteroatoms. The number of ether oxygens (including phenoxy) is 1. The van der Waals surface area contributed by atoms with Crippen molar-refractivity contribution in [3.8, 4) is 5.75 Å². The van der Waals surface area contributed by atoms with Crippen LogP contribution in [0, 0.1) is 0 Å². The van der Waals surface area contributed by atoms with Gasteiger partial charge in [-0.3, -0.25) is 4.79 Å². The molecule has 0 N–H and O–H groups in total.